The Morgan fingerprint density at radius 1 is 1.33 bits per heavy atom. The van der Waals surface area contributed by atoms with Crippen molar-refractivity contribution < 1.29 is 4.74 Å². The number of ether oxygens (including phenoxy) is 1. The van der Waals surface area contributed by atoms with Crippen molar-refractivity contribution in [2.24, 2.45) is 0 Å². The Morgan fingerprint density at radius 2 is 2.19 bits per heavy atom. The van der Waals surface area contributed by atoms with Gasteiger partial charge in [-0.2, -0.15) is 0 Å². The Kier molecular flexibility index (Phi) is 4.39. The average Bonchev–Trinajstić information content (AvgIpc) is 2.45. The lowest BCUT2D eigenvalue weighted by Crippen LogP contribution is -2.25. The number of hydrogen-bond acceptors (Lipinski definition) is 4. The van der Waals surface area contributed by atoms with Gasteiger partial charge in [0.2, 0.25) is 5.88 Å². The first-order valence-electron chi connectivity index (χ1n) is 7.19. The molecule has 1 N–H and O–H groups in total. The first-order valence-corrected chi connectivity index (χ1v) is 7.98. The molecule has 1 fully saturated rings. The molecule has 2 aromatic heterocycles. The highest BCUT2D eigenvalue weighted by Gasteiger charge is 2.19. The Hall–Kier alpha value is -1.62. The number of hydrogen-bond donors (Lipinski definition) is 1. The molecule has 110 valence electrons. The standard InChI is InChI=1S/C16H18BrN3O/c1-11-14(17)5-6-15(20-11)19-10-12-7-8-18-16(9-12)21-13-3-2-4-13/h5-9,13H,2-4,10H2,1H3,(H,19,20). The molecule has 0 amide bonds. The fourth-order valence-corrected chi connectivity index (χ4v) is 2.34. The Labute approximate surface area is 133 Å². The molecule has 2 aromatic rings. The molecule has 21 heavy (non-hydrogen) atoms. The molecule has 0 atom stereocenters. The molecule has 0 spiro atoms. The van der Waals surface area contributed by atoms with Crippen LogP contribution in [0.15, 0.2) is 34.9 Å². The van der Waals surface area contributed by atoms with Gasteiger partial charge in [-0.15, -0.1) is 0 Å². The molecular formula is C16H18BrN3O. The molecule has 5 heteroatoms. The van der Waals surface area contributed by atoms with E-state index in [4.69, 9.17) is 4.74 Å². The summed E-state index contributed by atoms with van der Waals surface area (Å²) in [6.07, 6.45) is 5.71. The van der Waals surface area contributed by atoms with Crippen LogP contribution in [0.4, 0.5) is 5.82 Å². The maximum atomic E-state index is 5.82. The van der Waals surface area contributed by atoms with Crippen LogP contribution in [0.3, 0.4) is 0 Å². The van der Waals surface area contributed by atoms with Crippen LogP contribution in [-0.2, 0) is 6.54 Å². The molecule has 0 radical (unpaired) electrons. The monoisotopic (exact) mass is 347 g/mol. The van der Waals surface area contributed by atoms with E-state index in [1.807, 2.05) is 31.2 Å². The van der Waals surface area contributed by atoms with Gasteiger partial charge in [0.15, 0.2) is 0 Å². The highest BCUT2D eigenvalue weighted by atomic mass is 79.9. The molecule has 1 saturated carbocycles. The fourth-order valence-electron chi connectivity index (χ4n) is 2.12. The van der Waals surface area contributed by atoms with Crippen molar-refractivity contribution in [1.29, 1.82) is 0 Å². The zero-order valence-corrected chi connectivity index (χ0v) is 13.6. The summed E-state index contributed by atoms with van der Waals surface area (Å²) in [4.78, 5) is 8.75. The van der Waals surface area contributed by atoms with Crippen LogP contribution in [0.25, 0.3) is 0 Å². The molecule has 0 aromatic carbocycles. The van der Waals surface area contributed by atoms with Gasteiger partial charge in [0, 0.05) is 23.3 Å². The minimum Gasteiger partial charge on any atom is -0.474 e. The lowest BCUT2D eigenvalue weighted by Gasteiger charge is -2.25. The number of nitrogens with zero attached hydrogens (tertiary/aromatic N) is 2. The first-order chi connectivity index (χ1) is 10.2. The maximum Gasteiger partial charge on any atom is 0.213 e. The summed E-state index contributed by atoms with van der Waals surface area (Å²) in [5.41, 5.74) is 2.12. The van der Waals surface area contributed by atoms with Gasteiger partial charge in [-0.05, 0) is 65.9 Å². The van der Waals surface area contributed by atoms with E-state index in [0.29, 0.717) is 12.6 Å². The van der Waals surface area contributed by atoms with Gasteiger partial charge < -0.3 is 10.1 Å². The Morgan fingerprint density at radius 3 is 2.90 bits per heavy atom. The molecule has 0 aliphatic heterocycles. The third-order valence-electron chi connectivity index (χ3n) is 3.63. The van der Waals surface area contributed by atoms with E-state index in [2.05, 4.69) is 31.2 Å². The van der Waals surface area contributed by atoms with Crippen LogP contribution in [0.1, 0.15) is 30.5 Å². The predicted molar refractivity (Wildman–Crippen MR) is 86.5 cm³/mol. The van der Waals surface area contributed by atoms with E-state index in [9.17, 15) is 0 Å². The molecule has 0 bridgehead atoms. The van der Waals surface area contributed by atoms with Crippen molar-refractivity contribution in [3.05, 3.63) is 46.2 Å². The normalized spacial score (nSPS) is 14.6. The quantitative estimate of drug-likeness (QED) is 0.884. The molecule has 0 unspecified atom stereocenters. The highest BCUT2D eigenvalue weighted by Crippen LogP contribution is 2.24. The Bertz CT molecular complexity index is 629. The van der Waals surface area contributed by atoms with E-state index in [1.54, 1.807) is 6.20 Å². The van der Waals surface area contributed by atoms with Gasteiger partial charge in [0.1, 0.15) is 11.9 Å². The number of aromatic nitrogens is 2. The molecular weight excluding hydrogens is 330 g/mol. The van der Waals surface area contributed by atoms with Gasteiger partial charge in [0.05, 0.1) is 5.69 Å². The minimum absolute atomic E-state index is 0.358. The van der Waals surface area contributed by atoms with E-state index in [0.717, 1.165) is 40.3 Å². The smallest absolute Gasteiger partial charge is 0.213 e. The van der Waals surface area contributed by atoms with Crippen molar-refractivity contribution >= 4 is 21.7 Å². The zero-order valence-electron chi connectivity index (χ0n) is 12.0. The summed E-state index contributed by atoms with van der Waals surface area (Å²) >= 11 is 3.45. The molecule has 4 nitrogen and oxygen atoms in total. The van der Waals surface area contributed by atoms with E-state index < -0.39 is 0 Å². The van der Waals surface area contributed by atoms with Gasteiger partial charge in [-0.25, -0.2) is 9.97 Å². The fraction of sp³-hybridized carbons (Fsp3) is 0.375. The number of rotatable bonds is 5. The predicted octanol–water partition coefficient (Wildman–Crippen LogP) is 4.09. The average molecular weight is 348 g/mol. The second-order valence-electron chi connectivity index (χ2n) is 5.29. The molecule has 0 saturated heterocycles. The van der Waals surface area contributed by atoms with Gasteiger partial charge in [-0.3, -0.25) is 0 Å². The maximum absolute atomic E-state index is 5.82. The van der Waals surface area contributed by atoms with Crippen LogP contribution >= 0.6 is 15.9 Å². The third-order valence-corrected chi connectivity index (χ3v) is 4.47. The van der Waals surface area contributed by atoms with Crippen molar-refractivity contribution in [2.45, 2.75) is 38.8 Å². The van der Waals surface area contributed by atoms with Crippen LogP contribution < -0.4 is 10.1 Å². The lowest BCUT2D eigenvalue weighted by atomic mass is 9.96. The van der Waals surface area contributed by atoms with Crippen LogP contribution in [0.2, 0.25) is 0 Å². The summed E-state index contributed by atoms with van der Waals surface area (Å²) < 4.78 is 6.84. The summed E-state index contributed by atoms with van der Waals surface area (Å²) in [7, 11) is 0. The number of anilines is 1. The van der Waals surface area contributed by atoms with Gasteiger partial charge >= 0.3 is 0 Å². The Balaban J connectivity index is 1.61. The lowest BCUT2D eigenvalue weighted by molar-refractivity contribution is 0.114. The van der Waals surface area contributed by atoms with E-state index in [1.165, 1.54) is 6.42 Å². The summed E-state index contributed by atoms with van der Waals surface area (Å²) in [5, 5.41) is 3.32. The number of halogens is 1. The highest BCUT2D eigenvalue weighted by molar-refractivity contribution is 9.10. The molecule has 1 aliphatic rings. The van der Waals surface area contributed by atoms with Crippen LogP contribution in [0, 0.1) is 6.92 Å². The van der Waals surface area contributed by atoms with Gasteiger partial charge in [0.25, 0.3) is 0 Å². The second-order valence-corrected chi connectivity index (χ2v) is 6.14. The zero-order chi connectivity index (χ0) is 14.7. The second kappa shape index (κ2) is 6.43. The molecule has 2 heterocycles. The van der Waals surface area contributed by atoms with Crippen molar-refractivity contribution in [2.75, 3.05) is 5.32 Å². The van der Waals surface area contributed by atoms with E-state index >= 15 is 0 Å². The summed E-state index contributed by atoms with van der Waals surface area (Å²) in [5.74, 6) is 1.59. The van der Waals surface area contributed by atoms with Crippen LogP contribution in [0.5, 0.6) is 5.88 Å². The largest absolute Gasteiger partial charge is 0.474 e. The topological polar surface area (TPSA) is 47.0 Å². The summed E-state index contributed by atoms with van der Waals surface area (Å²) in [6.45, 7) is 2.68. The van der Waals surface area contributed by atoms with Gasteiger partial charge in [-0.1, -0.05) is 0 Å². The van der Waals surface area contributed by atoms with Crippen molar-refractivity contribution in [1.82, 2.24) is 9.97 Å². The molecule has 3 rings (SSSR count). The number of nitrogens with one attached hydrogen (secondary N) is 1. The van der Waals surface area contributed by atoms with Crippen LogP contribution in [-0.4, -0.2) is 16.1 Å². The molecule has 1 aliphatic carbocycles. The summed E-state index contributed by atoms with van der Waals surface area (Å²) in [6, 6.07) is 7.95. The van der Waals surface area contributed by atoms with Crippen molar-refractivity contribution in [3.8, 4) is 5.88 Å². The third kappa shape index (κ3) is 3.73. The number of aryl methyl sites for hydroxylation is 1. The van der Waals surface area contributed by atoms with Crippen molar-refractivity contribution in [3.63, 3.8) is 0 Å². The SMILES string of the molecule is Cc1nc(NCc2ccnc(OC3CCC3)c2)ccc1Br. The first kappa shape index (κ1) is 14.3. The minimum atomic E-state index is 0.358. The number of pyridine rings is 2. The van der Waals surface area contributed by atoms with E-state index in [-0.39, 0.29) is 0 Å².